The van der Waals surface area contributed by atoms with Crippen molar-refractivity contribution in [3.05, 3.63) is 0 Å². The van der Waals surface area contributed by atoms with Gasteiger partial charge in [0.1, 0.15) is 6.04 Å². The predicted molar refractivity (Wildman–Crippen MR) is 64.9 cm³/mol. The van der Waals surface area contributed by atoms with Crippen LogP contribution in [-0.2, 0) is 19.1 Å². The monoisotopic (exact) mass is 259 g/mol. The zero-order valence-electron chi connectivity index (χ0n) is 11.1. The van der Waals surface area contributed by atoms with Gasteiger partial charge in [-0.05, 0) is 19.3 Å². The fourth-order valence-corrected chi connectivity index (χ4v) is 1.41. The van der Waals surface area contributed by atoms with E-state index in [1.807, 2.05) is 13.8 Å². The molecular formula is C12H21NO5. The Hall–Kier alpha value is -1.59. The number of hydrogen-bond acceptors (Lipinski definition) is 4. The van der Waals surface area contributed by atoms with E-state index in [-0.39, 0.29) is 25.4 Å². The lowest BCUT2D eigenvalue weighted by Crippen LogP contribution is -2.41. The van der Waals surface area contributed by atoms with Crippen molar-refractivity contribution in [1.29, 1.82) is 0 Å². The van der Waals surface area contributed by atoms with Crippen molar-refractivity contribution in [3.8, 4) is 0 Å². The first kappa shape index (κ1) is 16.4. The van der Waals surface area contributed by atoms with Crippen LogP contribution in [0.2, 0.25) is 0 Å². The smallest absolute Gasteiger partial charge is 0.326 e. The average Bonchev–Trinajstić information content (AvgIpc) is 2.25. The predicted octanol–water partition coefficient (Wildman–Crippen LogP) is 0.945. The van der Waals surface area contributed by atoms with Crippen LogP contribution in [0.15, 0.2) is 0 Å². The van der Waals surface area contributed by atoms with Gasteiger partial charge in [-0.3, -0.25) is 9.59 Å². The number of nitrogens with one attached hydrogen (secondary N) is 1. The summed E-state index contributed by atoms with van der Waals surface area (Å²) < 4.78 is 4.67. The average molecular weight is 259 g/mol. The van der Waals surface area contributed by atoms with Gasteiger partial charge in [-0.15, -0.1) is 0 Å². The molecule has 104 valence electrons. The normalized spacial score (nSPS) is 12.0. The van der Waals surface area contributed by atoms with Crippen LogP contribution in [0.25, 0.3) is 0 Å². The quantitative estimate of drug-likeness (QED) is 0.633. The lowest BCUT2D eigenvalue weighted by Gasteiger charge is -2.16. The van der Waals surface area contributed by atoms with Crippen molar-refractivity contribution < 1.29 is 24.2 Å². The molecule has 0 aromatic heterocycles. The maximum atomic E-state index is 11.5. The summed E-state index contributed by atoms with van der Waals surface area (Å²) in [7, 11) is 0. The molecule has 0 saturated heterocycles. The van der Waals surface area contributed by atoms with Gasteiger partial charge < -0.3 is 15.2 Å². The fourth-order valence-electron chi connectivity index (χ4n) is 1.41. The zero-order valence-corrected chi connectivity index (χ0v) is 11.1. The molecule has 0 aliphatic rings. The number of rotatable bonds is 8. The van der Waals surface area contributed by atoms with Gasteiger partial charge >= 0.3 is 11.9 Å². The van der Waals surface area contributed by atoms with Gasteiger partial charge in [-0.25, -0.2) is 4.79 Å². The molecule has 6 nitrogen and oxygen atoms in total. The number of amides is 1. The minimum absolute atomic E-state index is 0.0340. The molecule has 1 amide bonds. The lowest BCUT2D eigenvalue weighted by molar-refractivity contribution is -0.145. The van der Waals surface area contributed by atoms with Crippen molar-refractivity contribution in [2.45, 2.75) is 46.1 Å². The second-order valence-corrected chi connectivity index (χ2v) is 4.39. The Morgan fingerprint density at radius 3 is 2.28 bits per heavy atom. The minimum atomic E-state index is -1.06. The second kappa shape index (κ2) is 8.49. The summed E-state index contributed by atoms with van der Waals surface area (Å²) in [5.74, 6) is -1.80. The summed E-state index contributed by atoms with van der Waals surface area (Å²) in [5.41, 5.74) is 0. The highest BCUT2D eigenvalue weighted by Crippen LogP contribution is 2.05. The number of carboxylic acid groups (broad SMARTS) is 1. The van der Waals surface area contributed by atoms with E-state index >= 15 is 0 Å². The van der Waals surface area contributed by atoms with E-state index in [1.165, 1.54) is 0 Å². The maximum Gasteiger partial charge on any atom is 0.326 e. The Bertz CT molecular complexity index is 301. The van der Waals surface area contributed by atoms with Gasteiger partial charge in [0.05, 0.1) is 13.0 Å². The Kier molecular flexibility index (Phi) is 7.74. The Morgan fingerprint density at radius 2 is 1.83 bits per heavy atom. The van der Waals surface area contributed by atoms with Gasteiger partial charge in [-0.2, -0.15) is 0 Å². The summed E-state index contributed by atoms with van der Waals surface area (Å²) in [6, 6.07) is -0.903. The van der Waals surface area contributed by atoms with Gasteiger partial charge in [0, 0.05) is 6.42 Å². The summed E-state index contributed by atoms with van der Waals surface area (Å²) in [6.45, 7) is 5.70. The summed E-state index contributed by atoms with van der Waals surface area (Å²) >= 11 is 0. The third-order valence-electron chi connectivity index (χ3n) is 2.20. The van der Waals surface area contributed by atoms with E-state index in [9.17, 15) is 14.4 Å². The van der Waals surface area contributed by atoms with Crippen molar-refractivity contribution in [3.63, 3.8) is 0 Å². The van der Waals surface area contributed by atoms with Crippen molar-refractivity contribution in [2.75, 3.05) is 6.61 Å². The maximum absolute atomic E-state index is 11.5. The third-order valence-corrected chi connectivity index (χ3v) is 2.20. The molecule has 2 N–H and O–H groups in total. The van der Waals surface area contributed by atoms with Crippen molar-refractivity contribution >= 4 is 17.8 Å². The number of hydrogen-bond donors (Lipinski definition) is 2. The largest absolute Gasteiger partial charge is 0.480 e. The molecule has 0 saturated carbocycles. The first-order valence-corrected chi connectivity index (χ1v) is 6.04. The Labute approximate surface area is 107 Å². The molecule has 18 heavy (non-hydrogen) atoms. The molecular weight excluding hydrogens is 238 g/mol. The zero-order chi connectivity index (χ0) is 14.1. The molecule has 6 heteroatoms. The Balaban J connectivity index is 4.10. The third kappa shape index (κ3) is 7.65. The summed E-state index contributed by atoms with van der Waals surface area (Å²) in [6.07, 6.45) is 0.273. The molecule has 0 aliphatic carbocycles. The highest BCUT2D eigenvalue weighted by atomic mass is 16.5. The standard InChI is InChI=1S/C12H21NO5/c1-4-18-11(15)6-5-10(14)13-9(12(16)17)7-8(2)3/h8-9H,4-7H2,1-3H3,(H,13,14)(H,16,17)/t9-/m0/s1. The molecule has 0 spiro atoms. The number of carbonyl (C=O) groups is 3. The van der Waals surface area contributed by atoms with E-state index in [1.54, 1.807) is 6.92 Å². The molecule has 0 bridgehead atoms. The molecule has 0 radical (unpaired) electrons. The first-order valence-electron chi connectivity index (χ1n) is 6.04. The summed E-state index contributed by atoms with van der Waals surface area (Å²) in [5, 5.41) is 11.3. The van der Waals surface area contributed by atoms with E-state index in [0.29, 0.717) is 6.42 Å². The van der Waals surface area contributed by atoms with E-state index in [0.717, 1.165) is 0 Å². The van der Waals surface area contributed by atoms with Crippen LogP contribution < -0.4 is 5.32 Å². The van der Waals surface area contributed by atoms with E-state index < -0.39 is 23.9 Å². The SMILES string of the molecule is CCOC(=O)CCC(=O)N[C@@H](CC(C)C)C(=O)O. The molecule has 0 aromatic carbocycles. The second-order valence-electron chi connectivity index (χ2n) is 4.39. The molecule has 0 fully saturated rings. The van der Waals surface area contributed by atoms with Crippen LogP contribution in [0.5, 0.6) is 0 Å². The number of ether oxygens (including phenoxy) is 1. The number of aliphatic carboxylic acids is 1. The number of carbonyl (C=O) groups excluding carboxylic acids is 2. The van der Waals surface area contributed by atoms with Crippen LogP contribution in [0.3, 0.4) is 0 Å². The number of esters is 1. The van der Waals surface area contributed by atoms with Crippen LogP contribution in [-0.4, -0.2) is 35.6 Å². The molecule has 1 atom stereocenters. The lowest BCUT2D eigenvalue weighted by atomic mass is 10.0. The highest BCUT2D eigenvalue weighted by molar-refractivity contribution is 5.85. The highest BCUT2D eigenvalue weighted by Gasteiger charge is 2.21. The Morgan fingerprint density at radius 1 is 1.22 bits per heavy atom. The minimum Gasteiger partial charge on any atom is -0.480 e. The fraction of sp³-hybridized carbons (Fsp3) is 0.750. The van der Waals surface area contributed by atoms with E-state index in [2.05, 4.69) is 10.1 Å². The van der Waals surface area contributed by atoms with Gasteiger partial charge in [0.25, 0.3) is 0 Å². The molecule has 0 rings (SSSR count). The van der Waals surface area contributed by atoms with Crippen LogP contribution >= 0.6 is 0 Å². The van der Waals surface area contributed by atoms with E-state index in [4.69, 9.17) is 5.11 Å². The molecule has 0 aliphatic heterocycles. The number of carboxylic acids is 1. The van der Waals surface area contributed by atoms with Crippen LogP contribution in [0.1, 0.15) is 40.0 Å². The van der Waals surface area contributed by atoms with Gasteiger partial charge in [0.2, 0.25) is 5.91 Å². The molecule has 0 heterocycles. The molecule has 0 aromatic rings. The summed E-state index contributed by atoms with van der Waals surface area (Å²) in [4.78, 5) is 33.4. The van der Waals surface area contributed by atoms with Crippen molar-refractivity contribution in [1.82, 2.24) is 5.32 Å². The van der Waals surface area contributed by atoms with Crippen molar-refractivity contribution in [2.24, 2.45) is 5.92 Å². The first-order chi connectivity index (χ1) is 8.36. The van der Waals surface area contributed by atoms with Crippen LogP contribution in [0, 0.1) is 5.92 Å². The van der Waals surface area contributed by atoms with Crippen LogP contribution in [0.4, 0.5) is 0 Å². The molecule has 0 unspecified atom stereocenters. The van der Waals surface area contributed by atoms with Gasteiger partial charge in [0.15, 0.2) is 0 Å². The topological polar surface area (TPSA) is 92.7 Å². The van der Waals surface area contributed by atoms with Gasteiger partial charge in [-0.1, -0.05) is 13.8 Å².